The molecule has 2 saturated heterocycles. The molecular weight excluding hydrogens is 316 g/mol. The number of piperazine rings is 1. The molecule has 0 unspecified atom stereocenters. The van der Waals surface area contributed by atoms with Crippen LogP contribution in [0, 0.1) is 0 Å². The quantitative estimate of drug-likeness (QED) is 0.906. The van der Waals surface area contributed by atoms with Gasteiger partial charge in [0.05, 0.1) is 16.8 Å². The van der Waals surface area contributed by atoms with Crippen molar-refractivity contribution in [2.75, 3.05) is 44.2 Å². The van der Waals surface area contributed by atoms with Gasteiger partial charge >= 0.3 is 6.03 Å². The third-order valence-electron chi connectivity index (χ3n) is 4.54. The van der Waals surface area contributed by atoms with Crippen LogP contribution in [0.5, 0.6) is 0 Å². The smallest absolute Gasteiger partial charge is 0.324 e. The second-order valence-electron chi connectivity index (χ2n) is 5.87. The normalized spacial score (nSPS) is 20.5. The highest BCUT2D eigenvalue weighted by Gasteiger charge is 2.33. The van der Waals surface area contributed by atoms with E-state index >= 15 is 0 Å². The van der Waals surface area contributed by atoms with E-state index in [0.717, 1.165) is 36.9 Å². The van der Waals surface area contributed by atoms with Gasteiger partial charge in [0.1, 0.15) is 0 Å². The Morgan fingerprint density at radius 1 is 1.17 bits per heavy atom. The summed E-state index contributed by atoms with van der Waals surface area (Å²) in [5, 5.41) is 3.42. The molecule has 23 heavy (non-hydrogen) atoms. The van der Waals surface area contributed by atoms with Crippen LogP contribution in [0.4, 0.5) is 10.5 Å². The summed E-state index contributed by atoms with van der Waals surface area (Å²) in [6.07, 6.45) is 0. The van der Waals surface area contributed by atoms with Crippen molar-refractivity contribution in [2.45, 2.75) is 13.0 Å². The van der Waals surface area contributed by atoms with Crippen molar-refractivity contribution >= 4 is 29.2 Å². The van der Waals surface area contributed by atoms with Gasteiger partial charge in [-0.25, -0.2) is 4.79 Å². The second kappa shape index (κ2) is 6.76. The summed E-state index contributed by atoms with van der Waals surface area (Å²) >= 11 is 6.25. The molecule has 2 aliphatic heterocycles. The maximum absolute atomic E-state index is 12.4. The third-order valence-corrected chi connectivity index (χ3v) is 4.85. The monoisotopic (exact) mass is 336 g/mol. The summed E-state index contributed by atoms with van der Waals surface area (Å²) in [5.74, 6) is -0.119. The van der Waals surface area contributed by atoms with Gasteiger partial charge in [0, 0.05) is 39.3 Å². The van der Waals surface area contributed by atoms with Crippen LogP contribution in [-0.2, 0) is 4.79 Å². The van der Waals surface area contributed by atoms with Crippen LogP contribution < -0.4 is 10.2 Å². The number of benzene rings is 1. The molecule has 3 amide bonds. The maximum atomic E-state index is 12.4. The number of carbonyl (C=O) groups excluding carboxylic acids is 2. The van der Waals surface area contributed by atoms with Crippen molar-refractivity contribution in [1.29, 1.82) is 0 Å². The van der Waals surface area contributed by atoms with Crippen LogP contribution in [0.25, 0.3) is 0 Å². The number of hydrogen-bond acceptors (Lipinski definition) is 4. The van der Waals surface area contributed by atoms with Crippen molar-refractivity contribution in [2.24, 2.45) is 0 Å². The number of imide groups is 1. The van der Waals surface area contributed by atoms with Gasteiger partial charge in [-0.1, -0.05) is 23.7 Å². The van der Waals surface area contributed by atoms with Gasteiger partial charge in [-0.3, -0.25) is 14.6 Å². The molecule has 0 aliphatic carbocycles. The molecule has 2 heterocycles. The molecule has 1 atom stereocenters. The molecule has 1 aromatic carbocycles. The lowest BCUT2D eigenvalue weighted by atomic mass is 10.2. The molecule has 1 N–H and O–H groups in total. The van der Waals surface area contributed by atoms with E-state index in [-0.39, 0.29) is 18.0 Å². The molecule has 2 fully saturated rings. The van der Waals surface area contributed by atoms with Crippen LogP contribution in [-0.4, -0.2) is 67.0 Å². The van der Waals surface area contributed by atoms with Crippen LogP contribution >= 0.6 is 11.6 Å². The third kappa shape index (κ3) is 3.28. The predicted molar refractivity (Wildman–Crippen MR) is 89.8 cm³/mol. The molecule has 2 aliphatic rings. The number of nitrogens with one attached hydrogen (secondary N) is 1. The van der Waals surface area contributed by atoms with Crippen molar-refractivity contribution in [3.8, 4) is 0 Å². The number of nitrogens with zero attached hydrogens (tertiary/aromatic N) is 3. The Hall–Kier alpha value is -1.79. The van der Waals surface area contributed by atoms with Crippen LogP contribution in [0.3, 0.4) is 0 Å². The first-order valence-corrected chi connectivity index (χ1v) is 8.28. The van der Waals surface area contributed by atoms with Gasteiger partial charge in [-0.15, -0.1) is 0 Å². The molecule has 0 bridgehead atoms. The fourth-order valence-electron chi connectivity index (χ4n) is 3.12. The molecule has 6 nitrogen and oxygen atoms in total. The van der Waals surface area contributed by atoms with Gasteiger partial charge in [-0.05, 0) is 19.1 Å². The molecule has 7 heteroatoms. The first-order valence-electron chi connectivity index (χ1n) is 7.90. The van der Waals surface area contributed by atoms with E-state index < -0.39 is 0 Å². The van der Waals surface area contributed by atoms with Gasteiger partial charge in [0.25, 0.3) is 0 Å². The average molecular weight is 337 g/mol. The first kappa shape index (κ1) is 16.1. The summed E-state index contributed by atoms with van der Waals surface area (Å²) in [6.45, 7) is 6.04. The number of hydrogen-bond donors (Lipinski definition) is 1. The first-order chi connectivity index (χ1) is 11.1. The zero-order valence-corrected chi connectivity index (χ0v) is 13.9. The molecule has 0 spiro atoms. The Kier molecular flexibility index (Phi) is 4.73. The minimum Gasteiger partial charge on any atom is -0.368 e. The maximum Gasteiger partial charge on any atom is 0.324 e. The van der Waals surface area contributed by atoms with E-state index in [2.05, 4.69) is 15.1 Å². The van der Waals surface area contributed by atoms with E-state index in [4.69, 9.17) is 11.6 Å². The highest BCUT2D eigenvalue weighted by molar-refractivity contribution is 6.33. The summed E-state index contributed by atoms with van der Waals surface area (Å²) in [4.78, 5) is 29.8. The van der Waals surface area contributed by atoms with Crippen LogP contribution in [0.15, 0.2) is 24.3 Å². The molecule has 1 aromatic rings. The second-order valence-corrected chi connectivity index (χ2v) is 6.28. The van der Waals surface area contributed by atoms with Gasteiger partial charge in [0.2, 0.25) is 5.91 Å². The number of rotatable bonds is 3. The zero-order valence-electron chi connectivity index (χ0n) is 13.2. The molecule has 3 rings (SSSR count). The molecule has 0 saturated carbocycles. The summed E-state index contributed by atoms with van der Waals surface area (Å²) in [5.41, 5.74) is 1.03. The number of halogens is 1. The number of anilines is 1. The predicted octanol–water partition coefficient (Wildman–Crippen LogP) is 1.40. The molecule has 0 radical (unpaired) electrons. The largest absolute Gasteiger partial charge is 0.368 e. The minimum atomic E-state index is -0.285. The van der Waals surface area contributed by atoms with E-state index in [9.17, 15) is 9.59 Å². The molecule has 124 valence electrons. The van der Waals surface area contributed by atoms with Crippen LogP contribution in [0.1, 0.15) is 6.92 Å². The SMILES string of the molecule is C[C@@H](C(=O)N1CCNC1=O)N1CCN(c2ccccc2Cl)CC1. The average Bonchev–Trinajstić information content (AvgIpc) is 3.00. The Labute approximate surface area is 141 Å². The topological polar surface area (TPSA) is 55.9 Å². The Bertz CT molecular complexity index is 601. The zero-order chi connectivity index (χ0) is 16.4. The van der Waals surface area contributed by atoms with Gasteiger partial charge < -0.3 is 10.2 Å². The Balaban J connectivity index is 1.59. The summed E-state index contributed by atoms with van der Waals surface area (Å²) < 4.78 is 0. The summed E-state index contributed by atoms with van der Waals surface area (Å²) in [6, 6.07) is 7.24. The lowest BCUT2D eigenvalue weighted by molar-refractivity contribution is -0.132. The lowest BCUT2D eigenvalue weighted by Gasteiger charge is -2.39. The number of carbonyl (C=O) groups is 2. The Morgan fingerprint density at radius 2 is 1.87 bits per heavy atom. The van der Waals surface area contributed by atoms with Gasteiger partial charge in [-0.2, -0.15) is 0 Å². The van der Waals surface area contributed by atoms with Gasteiger partial charge in [0.15, 0.2) is 0 Å². The fourth-order valence-corrected chi connectivity index (χ4v) is 3.38. The fraction of sp³-hybridized carbons (Fsp3) is 0.500. The highest BCUT2D eigenvalue weighted by Crippen LogP contribution is 2.26. The minimum absolute atomic E-state index is 0.119. The van der Waals surface area contributed by atoms with Crippen molar-refractivity contribution in [1.82, 2.24) is 15.1 Å². The van der Waals surface area contributed by atoms with E-state index in [1.807, 2.05) is 31.2 Å². The summed E-state index contributed by atoms with van der Waals surface area (Å²) in [7, 11) is 0. The van der Waals surface area contributed by atoms with Crippen LogP contribution in [0.2, 0.25) is 5.02 Å². The van der Waals surface area contributed by atoms with E-state index in [1.165, 1.54) is 4.90 Å². The van der Waals surface area contributed by atoms with E-state index in [0.29, 0.717) is 13.1 Å². The van der Waals surface area contributed by atoms with E-state index in [1.54, 1.807) is 0 Å². The standard InChI is InChI=1S/C16H21ClN4O2/c1-12(15(22)21-7-6-18-16(21)23)19-8-10-20(11-9-19)14-5-3-2-4-13(14)17/h2-5,12H,6-11H2,1H3,(H,18,23)/t12-/m0/s1. The van der Waals surface area contributed by atoms with Crippen molar-refractivity contribution in [3.63, 3.8) is 0 Å². The van der Waals surface area contributed by atoms with Crippen molar-refractivity contribution < 1.29 is 9.59 Å². The number of urea groups is 1. The highest BCUT2D eigenvalue weighted by atomic mass is 35.5. The van der Waals surface area contributed by atoms with Crippen molar-refractivity contribution in [3.05, 3.63) is 29.3 Å². The molecule has 0 aromatic heterocycles. The lowest BCUT2D eigenvalue weighted by Crippen LogP contribution is -2.55. The molecular formula is C16H21ClN4O2. The Morgan fingerprint density at radius 3 is 2.48 bits per heavy atom. The number of amides is 3. The number of para-hydroxylation sites is 1.